The molecule has 24 heavy (non-hydrogen) atoms. The number of hydrogen-bond acceptors (Lipinski definition) is 7. The fourth-order valence-corrected chi connectivity index (χ4v) is 2.97. The average molecular weight is 343 g/mol. The molecule has 0 aliphatic carbocycles. The van der Waals surface area contributed by atoms with E-state index >= 15 is 0 Å². The second-order valence-corrected chi connectivity index (χ2v) is 6.33. The second-order valence-electron chi connectivity index (χ2n) is 6.33. The summed E-state index contributed by atoms with van der Waals surface area (Å²) in [6.07, 6.45) is 2.68. The standard InChI is InChI=1S/C16H29N3O5/c20-11-13(22)16-15(23)12(21)9-19(10-14-17-5-6-18-14)7-3-1-2-4-8-24-16/h5-6,12-13,15-16,20-23H,1-4,7-11H2,(H,17,18)/t12-,13+,15+,16+/m0/s1. The fraction of sp³-hybridized carbons (Fsp3) is 0.812. The zero-order chi connectivity index (χ0) is 17.4. The first-order valence-electron chi connectivity index (χ1n) is 8.59. The van der Waals surface area contributed by atoms with Crippen molar-refractivity contribution in [3.8, 4) is 0 Å². The average Bonchev–Trinajstić information content (AvgIpc) is 3.08. The minimum absolute atomic E-state index is 0.236. The zero-order valence-electron chi connectivity index (χ0n) is 13.9. The summed E-state index contributed by atoms with van der Waals surface area (Å²) in [5.74, 6) is 0.798. The van der Waals surface area contributed by atoms with Crippen molar-refractivity contribution in [2.24, 2.45) is 0 Å². The van der Waals surface area contributed by atoms with Crippen LogP contribution >= 0.6 is 0 Å². The maximum atomic E-state index is 10.4. The number of nitrogens with zero attached hydrogens (tertiary/aromatic N) is 2. The molecular formula is C16H29N3O5. The number of aliphatic hydroxyl groups excluding tert-OH is 4. The molecule has 8 heteroatoms. The van der Waals surface area contributed by atoms with E-state index < -0.39 is 31.0 Å². The van der Waals surface area contributed by atoms with Gasteiger partial charge in [-0.05, 0) is 19.4 Å². The van der Waals surface area contributed by atoms with Crippen molar-refractivity contribution in [3.63, 3.8) is 0 Å². The van der Waals surface area contributed by atoms with Crippen LogP contribution in [0.5, 0.6) is 0 Å². The van der Waals surface area contributed by atoms with Crippen LogP contribution in [-0.4, -0.2) is 86.0 Å². The van der Waals surface area contributed by atoms with Gasteiger partial charge in [0.2, 0.25) is 0 Å². The highest BCUT2D eigenvalue weighted by Crippen LogP contribution is 2.15. The molecule has 1 aromatic rings. The Morgan fingerprint density at radius 2 is 2.08 bits per heavy atom. The van der Waals surface area contributed by atoms with E-state index in [1.165, 1.54) is 0 Å². The molecule has 4 atom stereocenters. The van der Waals surface area contributed by atoms with Crippen LogP contribution in [0.3, 0.4) is 0 Å². The van der Waals surface area contributed by atoms with E-state index in [0.29, 0.717) is 13.2 Å². The van der Waals surface area contributed by atoms with Gasteiger partial charge >= 0.3 is 0 Å². The molecule has 0 radical (unpaired) electrons. The molecule has 1 aliphatic rings. The molecule has 0 saturated carbocycles. The summed E-state index contributed by atoms with van der Waals surface area (Å²) >= 11 is 0. The molecule has 0 aromatic carbocycles. The Labute approximate surface area is 142 Å². The van der Waals surface area contributed by atoms with Gasteiger partial charge in [-0.2, -0.15) is 0 Å². The van der Waals surface area contributed by atoms with E-state index in [-0.39, 0.29) is 6.54 Å². The van der Waals surface area contributed by atoms with Gasteiger partial charge in [0.05, 0.1) is 19.3 Å². The molecule has 0 bridgehead atoms. The Bertz CT molecular complexity index is 445. The van der Waals surface area contributed by atoms with Gasteiger partial charge in [-0.1, -0.05) is 12.8 Å². The molecule has 1 fully saturated rings. The van der Waals surface area contributed by atoms with Crippen LogP contribution in [0.25, 0.3) is 0 Å². The topological polar surface area (TPSA) is 122 Å². The summed E-state index contributed by atoms with van der Waals surface area (Å²) in [5, 5.41) is 39.8. The first kappa shape index (κ1) is 19.3. The Balaban J connectivity index is 2.04. The third-order valence-corrected chi connectivity index (χ3v) is 4.35. The molecule has 5 N–H and O–H groups in total. The monoisotopic (exact) mass is 343 g/mol. The summed E-state index contributed by atoms with van der Waals surface area (Å²) in [6, 6.07) is 0. The Morgan fingerprint density at radius 1 is 1.29 bits per heavy atom. The number of nitrogens with one attached hydrogen (secondary N) is 1. The predicted molar refractivity (Wildman–Crippen MR) is 87.2 cm³/mol. The van der Waals surface area contributed by atoms with Crippen LogP contribution in [0, 0.1) is 0 Å². The predicted octanol–water partition coefficient (Wildman–Crippen LogP) is -0.754. The van der Waals surface area contributed by atoms with E-state index in [2.05, 4.69) is 9.97 Å². The lowest BCUT2D eigenvalue weighted by molar-refractivity contribution is -0.147. The van der Waals surface area contributed by atoms with Gasteiger partial charge in [-0.15, -0.1) is 0 Å². The largest absolute Gasteiger partial charge is 0.394 e. The molecular weight excluding hydrogens is 314 g/mol. The molecule has 0 amide bonds. The fourth-order valence-electron chi connectivity index (χ4n) is 2.97. The van der Waals surface area contributed by atoms with Crippen molar-refractivity contribution >= 4 is 0 Å². The number of ether oxygens (including phenoxy) is 1. The molecule has 0 unspecified atom stereocenters. The maximum Gasteiger partial charge on any atom is 0.120 e. The first-order valence-corrected chi connectivity index (χ1v) is 8.59. The van der Waals surface area contributed by atoms with E-state index in [0.717, 1.165) is 38.1 Å². The van der Waals surface area contributed by atoms with E-state index in [1.54, 1.807) is 12.4 Å². The summed E-state index contributed by atoms with van der Waals surface area (Å²) in [7, 11) is 0. The van der Waals surface area contributed by atoms with Gasteiger partial charge in [0.15, 0.2) is 0 Å². The molecule has 138 valence electrons. The normalized spacial score (nSPS) is 29.6. The van der Waals surface area contributed by atoms with Gasteiger partial charge in [0.1, 0.15) is 24.1 Å². The Hall–Kier alpha value is -1.03. The molecule has 2 rings (SSSR count). The SMILES string of the molecule is OC[C@@H](O)[C@H]1OCCCCCCN(Cc2ncc[nH]2)C[C@H](O)[C@H]1O. The van der Waals surface area contributed by atoms with Gasteiger partial charge in [-0.3, -0.25) is 4.90 Å². The molecule has 1 saturated heterocycles. The summed E-state index contributed by atoms with van der Waals surface area (Å²) < 4.78 is 5.53. The quantitative estimate of drug-likeness (QED) is 0.487. The van der Waals surface area contributed by atoms with Crippen molar-refractivity contribution in [1.82, 2.24) is 14.9 Å². The van der Waals surface area contributed by atoms with E-state index in [9.17, 15) is 15.3 Å². The highest BCUT2D eigenvalue weighted by molar-refractivity contribution is 4.89. The van der Waals surface area contributed by atoms with Crippen LogP contribution in [0.4, 0.5) is 0 Å². The lowest BCUT2D eigenvalue weighted by Crippen LogP contribution is -2.51. The number of aliphatic hydroxyl groups is 4. The summed E-state index contributed by atoms with van der Waals surface area (Å²) in [6.45, 7) is 1.44. The number of aromatic nitrogens is 2. The van der Waals surface area contributed by atoms with Crippen molar-refractivity contribution in [1.29, 1.82) is 0 Å². The van der Waals surface area contributed by atoms with Crippen LogP contribution in [0.15, 0.2) is 12.4 Å². The number of aromatic amines is 1. The first-order chi connectivity index (χ1) is 11.6. The summed E-state index contributed by atoms with van der Waals surface area (Å²) in [4.78, 5) is 9.26. The van der Waals surface area contributed by atoms with E-state index in [1.807, 2.05) is 4.90 Å². The molecule has 1 aromatic heterocycles. The second kappa shape index (κ2) is 10.1. The van der Waals surface area contributed by atoms with Crippen molar-refractivity contribution < 1.29 is 25.2 Å². The minimum Gasteiger partial charge on any atom is -0.394 e. The van der Waals surface area contributed by atoms with Crippen LogP contribution in [0.1, 0.15) is 31.5 Å². The van der Waals surface area contributed by atoms with Crippen LogP contribution in [0.2, 0.25) is 0 Å². The number of hydrogen-bond donors (Lipinski definition) is 5. The van der Waals surface area contributed by atoms with E-state index in [4.69, 9.17) is 9.84 Å². The molecule has 1 aliphatic heterocycles. The van der Waals surface area contributed by atoms with Crippen LogP contribution in [-0.2, 0) is 11.3 Å². The van der Waals surface area contributed by atoms with Gasteiger partial charge < -0.3 is 30.1 Å². The van der Waals surface area contributed by atoms with Gasteiger partial charge in [-0.25, -0.2) is 4.98 Å². The molecule has 8 nitrogen and oxygen atoms in total. The third-order valence-electron chi connectivity index (χ3n) is 4.35. The molecule has 0 spiro atoms. The van der Waals surface area contributed by atoms with Crippen molar-refractivity contribution in [2.45, 2.75) is 56.6 Å². The number of β-amino-alcohol motifs (C(OH)–C–C–N with tert-alkyl or cyclic N) is 1. The van der Waals surface area contributed by atoms with Crippen LogP contribution < -0.4 is 0 Å². The number of imidazole rings is 1. The van der Waals surface area contributed by atoms with Crippen molar-refractivity contribution in [3.05, 3.63) is 18.2 Å². The third kappa shape index (κ3) is 5.80. The lowest BCUT2D eigenvalue weighted by atomic mass is 10.0. The highest BCUT2D eigenvalue weighted by atomic mass is 16.5. The Kier molecular flexibility index (Phi) is 8.10. The lowest BCUT2D eigenvalue weighted by Gasteiger charge is -2.33. The number of rotatable bonds is 4. The van der Waals surface area contributed by atoms with Crippen molar-refractivity contribution in [2.75, 3.05) is 26.3 Å². The number of H-pyrrole nitrogens is 1. The molecule has 2 heterocycles. The highest BCUT2D eigenvalue weighted by Gasteiger charge is 2.33. The van der Waals surface area contributed by atoms with Gasteiger partial charge in [0.25, 0.3) is 0 Å². The summed E-state index contributed by atoms with van der Waals surface area (Å²) in [5.41, 5.74) is 0. The maximum absolute atomic E-state index is 10.4. The van der Waals surface area contributed by atoms with Gasteiger partial charge in [0, 0.05) is 25.5 Å². The smallest absolute Gasteiger partial charge is 0.120 e. The Morgan fingerprint density at radius 3 is 2.79 bits per heavy atom. The minimum atomic E-state index is -1.27. The zero-order valence-corrected chi connectivity index (χ0v) is 13.9.